The van der Waals surface area contributed by atoms with Crippen molar-refractivity contribution in [2.24, 2.45) is 0 Å². The van der Waals surface area contributed by atoms with Gasteiger partial charge in [0.15, 0.2) is 10.6 Å². The minimum Gasteiger partial charge on any atom is -0.297 e. The molecule has 1 aliphatic rings. The number of hydrogen-bond donors (Lipinski definition) is 1. The number of aromatic amines is 1. The third-order valence-corrected chi connectivity index (χ3v) is 4.27. The van der Waals surface area contributed by atoms with Crippen LogP contribution in [0.4, 0.5) is 5.69 Å². The summed E-state index contributed by atoms with van der Waals surface area (Å²) in [5.41, 5.74) is 0.927. The number of nitrogens with one attached hydrogen (secondary N) is 1. The average molecular weight is 304 g/mol. The number of rotatable bonds is 3. The Morgan fingerprint density at radius 1 is 1.24 bits per heavy atom. The van der Waals surface area contributed by atoms with Crippen LogP contribution in [0.3, 0.4) is 0 Å². The molecule has 7 heteroatoms. The van der Waals surface area contributed by atoms with Gasteiger partial charge in [-0.1, -0.05) is 19.3 Å². The van der Waals surface area contributed by atoms with Crippen LogP contribution in [-0.4, -0.2) is 19.7 Å². The number of aromatic nitrogens is 3. The van der Waals surface area contributed by atoms with Crippen molar-refractivity contribution in [3.63, 3.8) is 0 Å². The van der Waals surface area contributed by atoms with Gasteiger partial charge >= 0.3 is 0 Å². The highest BCUT2D eigenvalue weighted by Crippen LogP contribution is 2.32. The van der Waals surface area contributed by atoms with Gasteiger partial charge in [0, 0.05) is 23.7 Å². The summed E-state index contributed by atoms with van der Waals surface area (Å²) in [6.07, 6.45) is 5.89. The molecule has 2 aromatic rings. The molecule has 0 amide bonds. The largest absolute Gasteiger partial charge is 0.297 e. The van der Waals surface area contributed by atoms with Crippen molar-refractivity contribution in [2.75, 3.05) is 0 Å². The van der Waals surface area contributed by atoms with Crippen LogP contribution in [-0.2, 0) is 0 Å². The highest BCUT2D eigenvalue weighted by atomic mass is 32.1. The van der Waals surface area contributed by atoms with E-state index in [0.29, 0.717) is 10.8 Å². The highest BCUT2D eigenvalue weighted by Gasteiger charge is 2.20. The second-order valence-corrected chi connectivity index (χ2v) is 5.70. The number of benzene rings is 1. The lowest BCUT2D eigenvalue weighted by Gasteiger charge is -2.24. The molecular formula is C14H16N4O2S. The molecule has 21 heavy (non-hydrogen) atoms. The molecule has 1 aromatic heterocycles. The molecule has 1 aliphatic carbocycles. The van der Waals surface area contributed by atoms with Crippen LogP contribution >= 0.6 is 12.2 Å². The van der Waals surface area contributed by atoms with E-state index in [2.05, 4.69) is 14.8 Å². The van der Waals surface area contributed by atoms with Crippen molar-refractivity contribution < 1.29 is 4.92 Å². The first-order chi connectivity index (χ1) is 10.2. The number of nitro groups is 1. The molecule has 1 heterocycles. The molecule has 0 spiro atoms. The van der Waals surface area contributed by atoms with Crippen LogP contribution in [0.1, 0.15) is 38.1 Å². The Morgan fingerprint density at radius 3 is 2.52 bits per heavy atom. The van der Waals surface area contributed by atoms with E-state index in [1.807, 2.05) is 0 Å². The molecule has 0 atom stereocenters. The van der Waals surface area contributed by atoms with Crippen LogP contribution in [0, 0.1) is 14.9 Å². The summed E-state index contributed by atoms with van der Waals surface area (Å²) in [4.78, 5) is 10.3. The predicted molar refractivity (Wildman–Crippen MR) is 81.6 cm³/mol. The van der Waals surface area contributed by atoms with Crippen molar-refractivity contribution in [1.29, 1.82) is 0 Å². The van der Waals surface area contributed by atoms with Crippen LogP contribution < -0.4 is 0 Å². The fraction of sp³-hybridized carbons (Fsp3) is 0.429. The van der Waals surface area contributed by atoms with Crippen molar-refractivity contribution in [3.8, 4) is 11.4 Å². The number of H-pyrrole nitrogens is 1. The van der Waals surface area contributed by atoms with Gasteiger partial charge in [-0.3, -0.25) is 19.8 Å². The Labute approximate surface area is 127 Å². The van der Waals surface area contributed by atoms with Crippen LogP contribution in [0.15, 0.2) is 24.3 Å². The van der Waals surface area contributed by atoms with E-state index in [-0.39, 0.29) is 5.69 Å². The molecule has 1 saturated carbocycles. The van der Waals surface area contributed by atoms with Gasteiger partial charge in [-0.15, -0.1) is 0 Å². The van der Waals surface area contributed by atoms with E-state index in [4.69, 9.17) is 12.2 Å². The zero-order chi connectivity index (χ0) is 14.8. The zero-order valence-corrected chi connectivity index (χ0v) is 12.3. The highest BCUT2D eigenvalue weighted by molar-refractivity contribution is 7.71. The summed E-state index contributed by atoms with van der Waals surface area (Å²) in [5, 5.41) is 17.9. The van der Waals surface area contributed by atoms with E-state index in [0.717, 1.165) is 24.2 Å². The summed E-state index contributed by atoms with van der Waals surface area (Å²) in [5.74, 6) is 0.766. The third kappa shape index (κ3) is 2.73. The molecule has 3 rings (SSSR count). The maximum absolute atomic E-state index is 10.7. The Morgan fingerprint density at radius 2 is 1.90 bits per heavy atom. The Bertz CT molecular complexity index is 699. The summed E-state index contributed by atoms with van der Waals surface area (Å²) in [7, 11) is 0. The summed E-state index contributed by atoms with van der Waals surface area (Å²) in [6.45, 7) is 0. The fourth-order valence-corrected chi connectivity index (χ4v) is 3.20. The molecule has 1 fully saturated rings. The molecule has 1 aromatic carbocycles. The Hall–Kier alpha value is -2.02. The van der Waals surface area contributed by atoms with Gasteiger partial charge < -0.3 is 0 Å². The van der Waals surface area contributed by atoms with E-state index in [1.54, 1.807) is 12.1 Å². The standard InChI is InChI=1S/C14H16N4O2S/c19-18(20)12-8-6-10(7-9-12)13-15-16-14(21)17(13)11-4-2-1-3-5-11/h6-9,11H,1-5H2,(H,16,21). The number of hydrogen-bond acceptors (Lipinski definition) is 4. The molecule has 110 valence electrons. The van der Waals surface area contributed by atoms with Gasteiger partial charge in [0.2, 0.25) is 0 Å². The first-order valence-corrected chi connectivity index (χ1v) is 7.49. The summed E-state index contributed by atoms with van der Waals surface area (Å²) in [6, 6.07) is 6.82. The average Bonchev–Trinajstić information content (AvgIpc) is 2.90. The fourth-order valence-electron chi connectivity index (χ4n) is 2.92. The Kier molecular flexibility index (Phi) is 3.83. The SMILES string of the molecule is O=[N+]([O-])c1ccc(-c2n[nH]c(=S)n2C2CCCCC2)cc1. The van der Waals surface area contributed by atoms with Gasteiger partial charge in [0.1, 0.15) is 0 Å². The normalized spacial score (nSPS) is 16.0. The first-order valence-electron chi connectivity index (χ1n) is 7.08. The molecule has 1 N–H and O–H groups in total. The van der Waals surface area contributed by atoms with Crippen molar-refractivity contribution in [2.45, 2.75) is 38.1 Å². The number of nitro benzene ring substituents is 1. The second kappa shape index (κ2) is 5.77. The van der Waals surface area contributed by atoms with Crippen molar-refractivity contribution in [1.82, 2.24) is 14.8 Å². The van der Waals surface area contributed by atoms with E-state index < -0.39 is 4.92 Å². The van der Waals surface area contributed by atoms with Crippen molar-refractivity contribution in [3.05, 3.63) is 39.2 Å². The van der Waals surface area contributed by atoms with Gasteiger partial charge in [0.25, 0.3) is 5.69 Å². The maximum atomic E-state index is 10.7. The molecule has 0 radical (unpaired) electrons. The molecule has 0 aliphatic heterocycles. The minimum absolute atomic E-state index is 0.0806. The third-order valence-electron chi connectivity index (χ3n) is 3.98. The van der Waals surface area contributed by atoms with E-state index in [1.165, 1.54) is 31.4 Å². The minimum atomic E-state index is -0.401. The number of non-ortho nitro benzene ring substituents is 1. The van der Waals surface area contributed by atoms with Gasteiger partial charge in [0.05, 0.1) is 4.92 Å². The van der Waals surface area contributed by atoms with Gasteiger partial charge in [-0.2, -0.15) is 5.10 Å². The molecule has 0 saturated heterocycles. The lowest BCUT2D eigenvalue weighted by Crippen LogP contribution is -2.14. The maximum Gasteiger partial charge on any atom is 0.269 e. The molecule has 6 nitrogen and oxygen atoms in total. The van der Waals surface area contributed by atoms with Crippen molar-refractivity contribution >= 4 is 17.9 Å². The van der Waals surface area contributed by atoms with E-state index >= 15 is 0 Å². The van der Waals surface area contributed by atoms with Gasteiger partial charge in [-0.05, 0) is 37.2 Å². The number of nitrogens with zero attached hydrogens (tertiary/aromatic N) is 3. The smallest absolute Gasteiger partial charge is 0.269 e. The monoisotopic (exact) mass is 304 g/mol. The van der Waals surface area contributed by atoms with Gasteiger partial charge in [-0.25, -0.2) is 0 Å². The Balaban J connectivity index is 1.98. The first kappa shape index (κ1) is 13.9. The molecule has 0 unspecified atom stereocenters. The zero-order valence-electron chi connectivity index (χ0n) is 11.5. The second-order valence-electron chi connectivity index (χ2n) is 5.32. The molecule has 0 bridgehead atoms. The van der Waals surface area contributed by atoms with E-state index in [9.17, 15) is 10.1 Å². The predicted octanol–water partition coefficient (Wildman–Crippen LogP) is 4.02. The lowest BCUT2D eigenvalue weighted by molar-refractivity contribution is -0.384. The topological polar surface area (TPSA) is 76.8 Å². The molecular weight excluding hydrogens is 288 g/mol. The summed E-state index contributed by atoms with van der Waals surface area (Å²) < 4.78 is 2.69. The van der Waals surface area contributed by atoms with Crippen LogP contribution in [0.2, 0.25) is 0 Å². The summed E-state index contributed by atoms with van der Waals surface area (Å²) >= 11 is 5.36. The van der Waals surface area contributed by atoms with Crippen LogP contribution in [0.5, 0.6) is 0 Å². The quantitative estimate of drug-likeness (QED) is 0.528. The lowest BCUT2D eigenvalue weighted by atomic mass is 9.95. The van der Waals surface area contributed by atoms with Crippen LogP contribution in [0.25, 0.3) is 11.4 Å².